The number of phenolic OH excluding ortho intramolecular Hbond substituents is 1. The standard InChI is InChI=1S/C31H36N2O6/c1-6-37-30(35)24-19(2)39-29-22-8-7-21(38-18-31(3,4)5)17-23(22)28(34)26(25(24)29)27(20-9-11-32-12-10-20)33-13-15-36-16-14-33/h7-12,17,27,34H,6,13-16,18H2,1-5H3. The van der Waals surface area contributed by atoms with Crippen LogP contribution in [0.15, 0.2) is 47.1 Å². The number of carbonyl (C=O) groups excluding carboxylic acids is 1. The number of pyridine rings is 1. The van der Waals surface area contributed by atoms with Crippen LogP contribution in [0.4, 0.5) is 0 Å². The number of morpholine rings is 1. The molecule has 1 saturated heterocycles. The molecule has 206 valence electrons. The fourth-order valence-corrected chi connectivity index (χ4v) is 5.22. The summed E-state index contributed by atoms with van der Waals surface area (Å²) in [5, 5.41) is 13.9. The van der Waals surface area contributed by atoms with E-state index in [9.17, 15) is 9.90 Å². The number of phenols is 1. The van der Waals surface area contributed by atoms with Gasteiger partial charge in [0.2, 0.25) is 0 Å². The molecule has 1 unspecified atom stereocenters. The number of ether oxygens (including phenoxy) is 3. The molecule has 1 fully saturated rings. The Bertz CT molecular complexity index is 1480. The molecule has 0 amide bonds. The van der Waals surface area contributed by atoms with Gasteiger partial charge >= 0.3 is 5.97 Å². The number of aromatic nitrogens is 1. The Morgan fingerprint density at radius 3 is 2.51 bits per heavy atom. The van der Waals surface area contributed by atoms with Crippen molar-refractivity contribution in [3.05, 3.63) is 65.2 Å². The van der Waals surface area contributed by atoms with E-state index >= 15 is 0 Å². The van der Waals surface area contributed by atoms with Gasteiger partial charge in [0.25, 0.3) is 0 Å². The van der Waals surface area contributed by atoms with Gasteiger partial charge < -0.3 is 23.7 Å². The van der Waals surface area contributed by atoms with Crippen LogP contribution in [-0.2, 0) is 9.47 Å². The third-order valence-electron chi connectivity index (χ3n) is 6.96. The zero-order valence-corrected chi connectivity index (χ0v) is 23.2. The quantitative estimate of drug-likeness (QED) is 0.289. The van der Waals surface area contributed by atoms with Gasteiger partial charge in [0, 0.05) is 47.2 Å². The topological polar surface area (TPSA) is 94.3 Å². The highest BCUT2D eigenvalue weighted by Crippen LogP contribution is 2.48. The summed E-state index contributed by atoms with van der Waals surface area (Å²) in [7, 11) is 0. The molecule has 0 bridgehead atoms. The van der Waals surface area contributed by atoms with Gasteiger partial charge in [-0.15, -0.1) is 0 Å². The fraction of sp³-hybridized carbons (Fsp3) is 0.419. The minimum Gasteiger partial charge on any atom is -0.507 e. The lowest BCUT2D eigenvalue weighted by molar-refractivity contribution is 0.0238. The first-order valence-electron chi connectivity index (χ1n) is 13.4. The van der Waals surface area contributed by atoms with Crippen molar-refractivity contribution in [2.45, 2.75) is 40.7 Å². The van der Waals surface area contributed by atoms with E-state index in [1.807, 2.05) is 30.3 Å². The lowest BCUT2D eigenvalue weighted by Gasteiger charge is -2.36. The first-order valence-corrected chi connectivity index (χ1v) is 13.4. The number of nitrogens with zero attached hydrogens (tertiary/aromatic N) is 2. The molecule has 2 aromatic heterocycles. The number of carbonyl (C=O) groups is 1. The molecule has 5 rings (SSSR count). The molecule has 39 heavy (non-hydrogen) atoms. The molecule has 0 aliphatic carbocycles. The number of rotatable bonds is 7. The summed E-state index contributed by atoms with van der Waals surface area (Å²) in [5.41, 5.74) is 2.38. The molecule has 0 saturated carbocycles. The van der Waals surface area contributed by atoms with Gasteiger partial charge in [0.1, 0.15) is 28.4 Å². The highest BCUT2D eigenvalue weighted by molar-refractivity contribution is 6.17. The van der Waals surface area contributed by atoms with Crippen molar-refractivity contribution in [3.8, 4) is 11.5 Å². The van der Waals surface area contributed by atoms with E-state index in [4.69, 9.17) is 18.6 Å². The number of hydrogen-bond donors (Lipinski definition) is 1. The van der Waals surface area contributed by atoms with Crippen LogP contribution in [0.25, 0.3) is 21.7 Å². The number of aromatic hydroxyl groups is 1. The van der Waals surface area contributed by atoms with E-state index in [2.05, 4.69) is 30.7 Å². The molecule has 2 aromatic carbocycles. The number of fused-ring (bicyclic) bond motifs is 3. The molecular formula is C31H36N2O6. The Morgan fingerprint density at radius 2 is 1.85 bits per heavy atom. The summed E-state index contributed by atoms with van der Waals surface area (Å²) in [6, 6.07) is 9.10. The van der Waals surface area contributed by atoms with Crippen LogP contribution in [0.5, 0.6) is 11.5 Å². The van der Waals surface area contributed by atoms with Crippen LogP contribution in [0.3, 0.4) is 0 Å². The molecule has 0 radical (unpaired) electrons. The normalized spacial score (nSPS) is 15.5. The zero-order chi connectivity index (χ0) is 27.7. The summed E-state index contributed by atoms with van der Waals surface area (Å²) < 4.78 is 23.5. The minimum absolute atomic E-state index is 0.0262. The smallest absolute Gasteiger partial charge is 0.342 e. The minimum atomic E-state index is -0.477. The predicted molar refractivity (Wildman–Crippen MR) is 150 cm³/mol. The Morgan fingerprint density at radius 1 is 1.13 bits per heavy atom. The summed E-state index contributed by atoms with van der Waals surface area (Å²) in [6.07, 6.45) is 3.48. The number of aryl methyl sites for hydroxylation is 1. The van der Waals surface area contributed by atoms with Crippen molar-refractivity contribution in [3.63, 3.8) is 0 Å². The van der Waals surface area contributed by atoms with Crippen LogP contribution >= 0.6 is 0 Å². The average molecular weight is 533 g/mol. The number of esters is 1. The third-order valence-corrected chi connectivity index (χ3v) is 6.96. The zero-order valence-electron chi connectivity index (χ0n) is 23.2. The van der Waals surface area contributed by atoms with Crippen molar-refractivity contribution in [2.24, 2.45) is 5.41 Å². The van der Waals surface area contributed by atoms with E-state index in [-0.39, 0.29) is 23.8 Å². The lowest BCUT2D eigenvalue weighted by atomic mass is 9.89. The predicted octanol–water partition coefficient (Wildman–Crippen LogP) is 6.02. The van der Waals surface area contributed by atoms with Crippen molar-refractivity contribution in [2.75, 3.05) is 39.5 Å². The van der Waals surface area contributed by atoms with Gasteiger partial charge in [-0.3, -0.25) is 9.88 Å². The monoisotopic (exact) mass is 532 g/mol. The molecule has 1 atom stereocenters. The highest BCUT2D eigenvalue weighted by Gasteiger charge is 2.34. The molecule has 1 aliphatic heterocycles. The van der Waals surface area contributed by atoms with E-state index in [0.717, 1.165) is 5.56 Å². The van der Waals surface area contributed by atoms with Gasteiger partial charge in [-0.1, -0.05) is 20.8 Å². The molecule has 0 spiro atoms. The number of hydrogen-bond acceptors (Lipinski definition) is 8. The van der Waals surface area contributed by atoms with E-state index in [0.29, 0.717) is 77.3 Å². The van der Waals surface area contributed by atoms with E-state index in [1.165, 1.54) is 0 Å². The van der Waals surface area contributed by atoms with Gasteiger partial charge in [-0.05, 0) is 55.2 Å². The van der Waals surface area contributed by atoms with Gasteiger partial charge in [0.15, 0.2) is 0 Å². The summed E-state index contributed by atoms with van der Waals surface area (Å²) in [6.45, 7) is 13.1. The molecule has 1 N–H and O–H groups in total. The van der Waals surface area contributed by atoms with Crippen molar-refractivity contribution < 1.29 is 28.5 Å². The summed E-state index contributed by atoms with van der Waals surface area (Å²) >= 11 is 0. The van der Waals surface area contributed by atoms with Crippen LogP contribution in [0, 0.1) is 12.3 Å². The SMILES string of the molecule is CCOC(=O)c1c(C)oc2c1c(C(c1ccncc1)N1CCOCC1)c(O)c1cc(OCC(C)(C)C)ccc12. The summed E-state index contributed by atoms with van der Waals surface area (Å²) in [5.74, 6) is 0.701. The Balaban J connectivity index is 1.83. The third kappa shape index (κ3) is 5.31. The van der Waals surface area contributed by atoms with E-state index in [1.54, 1.807) is 26.2 Å². The van der Waals surface area contributed by atoms with E-state index < -0.39 is 5.97 Å². The molecule has 3 heterocycles. The van der Waals surface area contributed by atoms with Gasteiger partial charge in [-0.2, -0.15) is 0 Å². The van der Waals surface area contributed by atoms with Crippen molar-refractivity contribution in [1.29, 1.82) is 0 Å². The Kier molecular flexibility index (Phi) is 7.51. The Hall–Kier alpha value is -3.62. The van der Waals surface area contributed by atoms with Crippen LogP contribution in [-0.4, -0.2) is 60.5 Å². The average Bonchev–Trinajstić information content (AvgIpc) is 3.27. The first kappa shape index (κ1) is 27.0. The fourth-order valence-electron chi connectivity index (χ4n) is 5.22. The summed E-state index contributed by atoms with van der Waals surface area (Å²) in [4.78, 5) is 19.8. The first-order chi connectivity index (χ1) is 18.7. The Labute approximate surface area is 228 Å². The van der Waals surface area contributed by atoms with Crippen molar-refractivity contribution in [1.82, 2.24) is 9.88 Å². The second-order valence-corrected chi connectivity index (χ2v) is 11.1. The molecule has 8 nitrogen and oxygen atoms in total. The van der Waals surface area contributed by atoms with Crippen LogP contribution < -0.4 is 4.74 Å². The van der Waals surface area contributed by atoms with Crippen molar-refractivity contribution >= 4 is 27.7 Å². The van der Waals surface area contributed by atoms with Gasteiger partial charge in [-0.25, -0.2) is 4.79 Å². The number of furan rings is 1. The second kappa shape index (κ2) is 10.9. The number of benzene rings is 2. The second-order valence-electron chi connectivity index (χ2n) is 11.1. The maximum absolute atomic E-state index is 13.3. The van der Waals surface area contributed by atoms with Crippen LogP contribution in [0.2, 0.25) is 0 Å². The van der Waals surface area contributed by atoms with Crippen LogP contribution in [0.1, 0.15) is 61.0 Å². The highest BCUT2D eigenvalue weighted by atomic mass is 16.5. The molecule has 1 aliphatic rings. The molecule has 4 aromatic rings. The largest absolute Gasteiger partial charge is 0.507 e. The maximum Gasteiger partial charge on any atom is 0.342 e. The lowest BCUT2D eigenvalue weighted by Crippen LogP contribution is -2.39. The van der Waals surface area contributed by atoms with Gasteiger partial charge in [0.05, 0.1) is 32.5 Å². The molecule has 8 heteroatoms. The molecular weight excluding hydrogens is 496 g/mol. The maximum atomic E-state index is 13.3.